The molecule has 4 aromatic heterocycles. The number of amides is 1. The van der Waals surface area contributed by atoms with E-state index in [1.165, 1.54) is 10.3 Å². The Kier molecular flexibility index (Phi) is 5.06. The van der Waals surface area contributed by atoms with E-state index in [-0.39, 0.29) is 11.9 Å². The number of aromatic amines is 1. The zero-order chi connectivity index (χ0) is 21.7. The van der Waals surface area contributed by atoms with Gasteiger partial charge in [-0.1, -0.05) is 13.8 Å². The molecular weight excluding hydrogens is 408 g/mol. The van der Waals surface area contributed by atoms with Gasteiger partial charge in [0.25, 0.3) is 5.91 Å². The summed E-state index contributed by atoms with van der Waals surface area (Å²) in [5, 5.41) is 7.72. The fraction of sp³-hybridized carbons (Fsp3) is 0.435. The van der Waals surface area contributed by atoms with Gasteiger partial charge in [0.1, 0.15) is 6.33 Å². The van der Waals surface area contributed by atoms with E-state index in [4.69, 9.17) is 0 Å². The molecule has 0 aliphatic carbocycles. The zero-order valence-corrected chi connectivity index (χ0v) is 19.2. The molecule has 5 rings (SSSR count). The topological polar surface area (TPSA) is 78.3 Å². The first-order valence-electron chi connectivity index (χ1n) is 10.9. The van der Waals surface area contributed by atoms with Crippen LogP contribution in [0.3, 0.4) is 0 Å². The van der Waals surface area contributed by atoms with Gasteiger partial charge < -0.3 is 15.2 Å². The van der Waals surface area contributed by atoms with Crippen LogP contribution in [0.1, 0.15) is 53.4 Å². The minimum atomic E-state index is 0.111. The molecule has 1 atom stereocenters. The lowest BCUT2D eigenvalue weighted by atomic mass is 9.99. The van der Waals surface area contributed by atoms with Crippen molar-refractivity contribution in [1.29, 1.82) is 0 Å². The van der Waals surface area contributed by atoms with Gasteiger partial charge in [0, 0.05) is 31.4 Å². The number of nitrogens with one attached hydrogen (secondary N) is 2. The summed E-state index contributed by atoms with van der Waals surface area (Å²) in [6, 6.07) is 4.44. The number of hydrogen-bond donors (Lipinski definition) is 2. The number of piperidine rings is 1. The van der Waals surface area contributed by atoms with Crippen molar-refractivity contribution >= 4 is 33.1 Å². The molecule has 7 nitrogen and oxygen atoms in total. The van der Waals surface area contributed by atoms with Crippen LogP contribution in [0, 0.1) is 6.92 Å². The first-order chi connectivity index (χ1) is 14.9. The Balaban J connectivity index is 1.55. The number of pyridine rings is 1. The molecule has 2 N–H and O–H groups in total. The van der Waals surface area contributed by atoms with Crippen molar-refractivity contribution in [3.63, 3.8) is 0 Å². The third-order valence-electron chi connectivity index (χ3n) is 6.28. The van der Waals surface area contributed by atoms with Gasteiger partial charge in [-0.3, -0.25) is 4.79 Å². The standard InChI is InChI=1S/C23H28N6OS/c1-13(2)19-20(15-8-14(3)22-25-12-26-29(22)11-15)27-17-9-18(31-21(17)19)23(30)28(4)16-6-5-7-24-10-16/h8-9,11-13,16,24,27H,5-7,10H2,1-4H3/t16-/m1/s1. The van der Waals surface area contributed by atoms with Crippen molar-refractivity contribution in [1.82, 2.24) is 29.8 Å². The zero-order valence-electron chi connectivity index (χ0n) is 18.4. The summed E-state index contributed by atoms with van der Waals surface area (Å²) in [5.74, 6) is 0.428. The summed E-state index contributed by atoms with van der Waals surface area (Å²) >= 11 is 1.60. The highest BCUT2D eigenvalue weighted by molar-refractivity contribution is 7.21. The lowest BCUT2D eigenvalue weighted by Gasteiger charge is -2.31. The van der Waals surface area contributed by atoms with E-state index in [1.54, 1.807) is 17.7 Å². The average Bonchev–Trinajstić information content (AvgIpc) is 3.47. The monoisotopic (exact) mass is 436 g/mol. The number of aryl methyl sites for hydroxylation is 1. The van der Waals surface area contributed by atoms with Gasteiger partial charge in [-0.15, -0.1) is 11.3 Å². The van der Waals surface area contributed by atoms with Crippen LogP contribution in [-0.4, -0.2) is 56.6 Å². The molecule has 0 radical (unpaired) electrons. The summed E-state index contributed by atoms with van der Waals surface area (Å²) < 4.78 is 2.99. The van der Waals surface area contributed by atoms with Crippen LogP contribution >= 0.6 is 11.3 Å². The molecule has 1 saturated heterocycles. The van der Waals surface area contributed by atoms with Gasteiger partial charge in [0.05, 0.1) is 20.8 Å². The Hall–Kier alpha value is -2.71. The molecule has 1 aliphatic heterocycles. The van der Waals surface area contributed by atoms with Crippen LogP contribution in [0.25, 0.3) is 27.1 Å². The van der Waals surface area contributed by atoms with Gasteiger partial charge in [-0.05, 0) is 55.5 Å². The minimum absolute atomic E-state index is 0.111. The maximum atomic E-state index is 13.2. The second-order valence-electron chi connectivity index (χ2n) is 8.78. The second kappa shape index (κ2) is 7.76. The smallest absolute Gasteiger partial charge is 0.264 e. The molecule has 162 valence electrons. The van der Waals surface area contributed by atoms with Gasteiger partial charge >= 0.3 is 0 Å². The molecule has 1 aliphatic rings. The van der Waals surface area contributed by atoms with Crippen molar-refractivity contribution in [3.05, 3.63) is 40.7 Å². The van der Waals surface area contributed by atoms with E-state index in [9.17, 15) is 4.79 Å². The Morgan fingerprint density at radius 2 is 2.19 bits per heavy atom. The van der Waals surface area contributed by atoms with Crippen LogP contribution in [0.15, 0.2) is 24.7 Å². The quantitative estimate of drug-likeness (QED) is 0.503. The maximum Gasteiger partial charge on any atom is 0.264 e. The van der Waals surface area contributed by atoms with Crippen molar-refractivity contribution in [3.8, 4) is 11.3 Å². The molecule has 31 heavy (non-hydrogen) atoms. The Morgan fingerprint density at radius 3 is 2.94 bits per heavy atom. The normalized spacial score (nSPS) is 17.1. The molecule has 0 spiro atoms. The molecule has 1 fully saturated rings. The number of carbonyl (C=O) groups excluding carboxylic acids is 1. The largest absolute Gasteiger partial charge is 0.354 e. The number of rotatable bonds is 4. The maximum absolute atomic E-state index is 13.2. The van der Waals surface area contributed by atoms with E-state index < -0.39 is 0 Å². The first-order valence-corrected chi connectivity index (χ1v) is 11.7. The number of aromatic nitrogens is 4. The number of H-pyrrole nitrogens is 1. The Labute approximate surface area is 185 Å². The van der Waals surface area contributed by atoms with E-state index in [0.29, 0.717) is 5.92 Å². The summed E-state index contributed by atoms with van der Waals surface area (Å²) in [6.45, 7) is 8.38. The highest BCUT2D eigenvalue weighted by atomic mass is 32.1. The lowest BCUT2D eigenvalue weighted by molar-refractivity contribution is 0.0713. The van der Waals surface area contributed by atoms with Crippen LogP contribution in [-0.2, 0) is 0 Å². The van der Waals surface area contributed by atoms with Crippen molar-refractivity contribution in [2.45, 2.75) is 45.6 Å². The van der Waals surface area contributed by atoms with Crippen molar-refractivity contribution in [2.24, 2.45) is 0 Å². The Morgan fingerprint density at radius 1 is 1.35 bits per heavy atom. The lowest BCUT2D eigenvalue weighted by Crippen LogP contribution is -2.46. The fourth-order valence-electron chi connectivity index (χ4n) is 4.62. The number of carbonyl (C=O) groups is 1. The summed E-state index contributed by atoms with van der Waals surface area (Å²) in [4.78, 5) is 23.8. The van der Waals surface area contributed by atoms with Crippen LogP contribution in [0.5, 0.6) is 0 Å². The second-order valence-corrected chi connectivity index (χ2v) is 9.83. The number of hydrogen-bond acceptors (Lipinski definition) is 5. The average molecular weight is 437 g/mol. The summed E-state index contributed by atoms with van der Waals surface area (Å²) in [7, 11) is 1.93. The predicted octanol–water partition coefficient (Wildman–Crippen LogP) is 4.19. The van der Waals surface area contributed by atoms with E-state index >= 15 is 0 Å². The number of nitrogens with zero attached hydrogens (tertiary/aromatic N) is 4. The highest BCUT2D eigenvalue weighted by Crippen LogP contribution is 2.40. The molecule has 0 unspecified atom stereocenters. The predicted molar refractivity (Wildman–Crippen MR) is 125 cm³/mol. The molecule has 8 heteroatoms. The fourth-order valence-corrected chi connectivity index (χ4v) is 5.91. The van der Waals surface area contributed by atoms with Gasteiger partial charge in [-0.25, -0.2) is 9.50 Å². The highest BCUT2D eigenvalue weighted by Gasteiger charge is 2.26. The summed E-state index contributed by atoms with van der Waals surface area (Å²) in [6.07, 6.45) is 5.78. The van der Waals surface area contributed by atoms with E-state index in [2.05, 4.69) is 47.2 Å². The third kappa shape index (κ3) is 3.43. The molecule has 0 bridgehead atoms. The van der Waals surface area contributed by atoms with E-state index in [0.717, 1.165) is 58.8 Å². The summed E-state index contributed by atoms with van der Waals surface area (Å²) in [5.41, 5.74) is 6.41. The molecule has 5 heterocycles. The molecule has 1 amide bonds. The SMILES string of the molecule is Cc1cc(-c2[nH]c3cc(C(=O)N(C)[C@@H]4CCCNC4)sc3c2C(C)C)cn2ncnc12. The van der Waals surface area contributed by atoms with E-state index in [1.807, 2.05) is 28.7 Å². The van der Waals surface area contributed by atoms with Crippen molar-refractivity contribution < 1.29 is 4.79 Å². The van der Waals surface area contributed by atoms with Crippen molar-refractivity contribution in [2.75, 3.05) is 20.1 Å². The number of thiophene rings is 1. The molecule has 0 aromatic carbocycles. The molecule has 4 aromatic rings. The number of likely N-dealkylation sites (N-methyl/N-ethyl adjacent to an activating group) is 1. The third-order valence-corrected chi connectivity index (χ3v) is 7.44. The van der Waals surface area contributed by atoms with Gasteiger partial charge in [-0.2, -0.15) is 5.10 Å². The van der Waals surface area contributed by atoms with Gasteiger partial charge in [0.15, 0.2) is 5.65 Å². The molecule has 0 saturated carbocycles. The Bertz CT molecular complexity index is 1260. The van der Waals surface area contributed by atoms with Crippen LogP contribution in [0.4, 0.5) is 0 Å². The first kappa shape index (κ1) is 20.2. The minimum Gasteiger partial charge on any atom is -0.354 e. The molecular formula is C23H28N6OS. The van der Waals surface area contributed by atoms with Gasteiger partial charge in [0.2, 0.25) is 0 Å². The van der Waals surface area contributed by atoms with Crippen LogP contribution in [0.2, 0.25) is 0 Å². The van der Waals surface area contributed by atoms with Crippen LogP contribution < -0.4 is 5.32 Å². The number of fused-ring (bicyclic) bond motifs is 2.